The molecular weight excluding hydrogens is 356 g/mol. The molecule has 0 N–H and O–H groups in total. The van der Waals surface area contributed by atoms with Crippen molar-refractivity contribution in [2.24, 2.45) is 0 Å². The second kappa shape index (κ2) is 12.0. The molecule has 1 fully saturated rings. The molecule has 1 aliphatic rings. The van der Waals surface area contributed by atoms with Gasteiger partial charge in [0.1, 0.15) is 0 Å². The number of hydrogen-bond acceptors (Lipinski definition) is 4. The summed E-state index contributed by atoms with van der Waals surface area (Å²) in [5.41, 5.74) is 4.93. The summed E-state index contributed by atoms with van der Waals surface area (Å²) in [6.07, 6.45) is 8.32. The number of rotatable bonds is 10. The van der Waals surface area contributed by atoms with E-state index in [1.54, 1.807) is 0 Å². The van der Waals surface area contributed by atoms with Crippen molar-refractivity contribution < 1.29 is 0 Å². The molecular formula is C25H38N4. The number of aromatic nitrogens is 2. The van der Waals surface area contributed by atoms with Crippen molar-refractivity contribution in [1.29, 1.82) is 0 Å². The summed E-state index contributed by atoms with van der Waals surface area (Å²) < 4.78 is 0. The molecule has 158 valence electrons. The minimum Gasteiger partial charge on any atom is -0.296 e. The van der Waals surface area contributed by atoms with Gasteiger partial charge in [-0.05, 0) is 69.5 Å². The van der Waals surface area contributed by atoms with Gasteiger partial charge in [0.25, 0.3) is 0 Å². The van der Waals surface area contributed by atoms with Gasteiger partial charge in [-0.15, -0.1) is 0 Å². The van der Waals surface area contributed by atoms with Gasteiger partial charge in [-0.25, -0.2) is 0 Å². The summed E-state index contributed by atoms with van der Waals surface area (Å²) in [4.78, 5) is 14.9. The van der Waals surface area contributed by atoms with E-state index in [9.17, 15) is 0 Å². The third-order valence-corrected chi connectivity index (χ3v) is 5.75. The minimum absolute atomic E-state index is 0.971. The van der Waals surface area contributed by atoms with Crippen molar-refractivity contribution in [2.45, 2.75) is 71.9 Å². The van der Waals surface area contributed by atoms with E-state index in [2.05, 4.69) is 60.0 Å². The fraction of sp³-hybridized carbons (Fsp3) is 0.600. The molecule has 29 heavy (non-hydrogen) atoms. The number of pyridine rings is 2. The first kappa shape index (κ1) is 21.9. The number of unbranched alkanes of at least 4 members (excludes halogenated alkanes) is 2. The maximum atomic E-state index is 4.89. The molecule has 4 nitrogen and oxygen atoms in total. The van der Waals surface area contributed by atoms with Gasteiger partial charge in [-0.2, -0.15) is 0 Å². The van der Waals surface area contributed by atoms with Crippen molar-refractivity contribution in [3.63, 3.8) is 0 Å². The zero-order valence-corrected chi connectivity index (χ0v) is 18.4. The summed E-state index contributed by atoms with van der Waals surface area (Å²) in [5.74, 6) is 0. The smallest absolute Gasteiger partial charge is 0.0547 e. The summed E-state index contributed by atoms with van der Waals surface area (Å²) >= 11 is 0. The Kier molecular flexibility index (Phi) is 9.10. The van der Waals surface area contributed by atoms with Crippen LogP contribution in [0, 0.1) is 0 Å². The van der Waals surface area contributed by atoms with E-state index < -0.39 is 0 Å². The van der Waals surface area contributed by atoms with Crippen LogP contribution in [0.15, 0.2) is 36.4 Å². The Bertz CT molecular complexity index is 669. The van der Waals surface area contributed by atoms with E-state index in [1.807, 2.05) is 0 Å². The Morgan fingerprint density at radius 2 is 1.10 bits per heavy atom. The molecule has 0 bridgehead atoms. The van der Waals surface area contributed by atoms with Crippen molar-refractivity contribution in [3.05, 3.63) is 59.2 Å². The molecule has 0 atom stereocenters. The second-order valence-electron chi connectivity index (χ2n) is 8.35. The Labute approximate surface area is 177 Å². The molecule has 0 aromatic carbocycles. The van der Waals surface area contributed by atoms with E-state index in [-0.39, 0.29) is 0 Å². The molecule has 2 aromatic rings. The lowest BCUT2D eigenvalue weighted by Gasteiger charge is -2.21. The number of aryl methyl sites for hydroxylation is 2. The molecule has 2 aromatic heterocycles. The first-order valence-electron chi connectivity index (χ1n) is 11.6. The Balaban J connectivity index is 1.50. The van der Waals surface area contributed by atoms with Crippen molar-refractivity contribution in [3.8, 4) is 0 Å². The van der Waals surface area contributed by atoms with Crippen LogP contribution in [-0.2, 0) is 25.9 Å². The van der Waals surface area contributed by atoms with Gasteiger partial charge in [-0.3, -0.25) is 19.8 Å². The minimum atomic E-state index is 0.971. The molecule has 0 radical (unpaired) electrons. The summed E-state index contributed by atoms with van der Waals surface area (Å²) in [6.45, 7) is 10.9. The highest BCUT2D eigenvalue weighted by atomic mass is 15.2. The predicted octanol–water partition coefficient (Wildman–Crippen LogP) is 4.87. The monoisotopic (exact) mass is 394 g/mol. The van der Waals surface area contributed by atoms with Gasteiger partial charge in [0.2, 0.25) is 0 Å². The molecule has 1 saturated heterocycles. The van der Waals surface area contributed by atoms with Crippen LogP contribution < -0.4 is 0 Å². The molecule has 3 heterocycles. The van der Waals surface area contributed by atoms with Crippen molar-refractivity contribution in [2.75, 3.05) is 26.2 Å². The molecule has 1 aliphatic heterocycles. The fourth-order valence-corrected chi connectivity index (χ4v) is 4.03. The Hall–Kier alpha value is -1.78. The van der Waals surface area contributed by atoms with E-state index in [0.717, 1.165) is 52.1 Å². The maximum Gasteiger partial charge on any atom is 0.0547 e. The van der Waals surface area contributed by atoms with Gasteiger partial charge < -0.3 is 0 Å². The molecule has 0 unspecified atom stereocenters. The van der Waals surface area contributed by atoms with Crippen LogP contribution in [0.25, 0.3) is 0 Å². The van der Waals surface area contributed by atoms with Crippen LogP contribution in [0.4, 0.5) is 0 Å². The first-order valence-corrected chi connectivity index (χ1v) is 11.6. The van der Waals surface area contributed by atoms with Crippen LogP contribution in [0.3, 0.4) is 0 Å². The quantitative estimate of drug-likeness (QED) is 0.575. The Morgan fingerprint density at radius 1 is 0.655 bits per heavy atom. The largest absolute Gasteiger partial charge is 0.296 e. The van der Waals surface area contributed by atoms with E-state index in [1.165, 1.54) is 54.9 Å². The van der Waals surface area contributed by atoms with Crippen LogP contribution in [-0.4, -0.2) is 45.9 Å². The lowest BCUT2D eigenvalue weighted by atomic mass is 10.2. The third-order valence-electron chi connectivity index (χ3n) is 5.75. The highest BCUT2D eigenvalue weighted by molar-refractivity contribution is 5.12. The molecule has 3 rings (SSSR count). The topological polar surface area (TPSA) is 32.3 Å². The van der Waals surface area contributed by atoms with Gasteiger partial charge >= 0.3 is 0 Å². The SMILES string of the molecule is CCCCc1cccc(CN2CCCN(Cc3cccc(CCCC)n3)CC2)n1. The van der Waals surface area contributed by atoms with Crippen LogP contribution in [0.2, 0.25) is 0 Å². The average Bonchev–Trinajstić information content (AvgIpc) is 2.96. The third kappa shape index (κ3) is 7.52. The summed E-state index contributed by atoms with van der Waals surface area (Å²) in [7, 11) is 0. The zero-order valence-electron chi connectivity index (χ0n) is 18.4. The molecule has 4 heteroatoms. The van der Waals surface area contributed by atoms with Crippen LogP contribution >= 0.6 is 0 Å². The van der Waals surface area contributed by atoms with E-state index in [4.69, 9.17) is 9.97 Å². The first-order chi connectivity index (χ1) is 14.3. The molecule has 0 amide bonds. The standard InChI is InChI=1S/C25H38N4/c1-3-5-10-22-12-7-14-24(26-22)20-28-16-9-17-29(19-18-28)21-25-15-8-13-23(27-25)11-6-4-2/h7-8,12-15H,3-6,9-11,16-21H2,1-2H3. The maximum absolute atomic E-state index is 4.89. The van der Waals surface area contributed by atoms with Crippen LogP contribution in [0.5, 0.6) is 0 Å². The van der Waals surface area contributed by atoms with Gasteiger partial charge in [0.15, 0.2) is 0 Å². The predicted molar refractivity (Wildman–Crippen MR) is 121 cm³/mol. The highest BCUT2D eigenvalue weighted by Gasteiger charge is 2.16. The number of hydrogen-bond donors (Lipinski definition) is 0. The Morgan fingerprint density at radius 3 is 1.55 bits per heavy atom. The lowest BCUT2D eigenvalue weighted by Crippen LogP contribution is -2.30. The normalized spacial score (nSPS) is 16.1. The molecule has 0 aliphatic carbocycles. The lowest BCUT2D eigenvalue weighted by molar-refractivity contribution is 0.244. The number of nitrogens with zero attached hydrogens (tertiary/aromatic N) is 4. The van der Waals surface area contributed by atoms with Gasteiger partial charge in [0.05, 0.1) is 11.4 Å². The fourth-order valence-electron chi connectivity index (χ4n) is 4.03. The van der Waals surface area contributed by atoms with Crippen molar-refractivity contribution in [1.82, 2.24) is 19.8 Å². The molecule has 0 spiro atoms. The summed E-state index contributed by atoms with van der Waals surface area (Å²) in [6, 6.07) is 13.1. The highest BCUT2D eigenvalue weighted by Crippen LogP contribution is 2.12. The summed E-state index contributed by atoms with van der Waals surface area (Å²) in [5, 5.41) is 0. The van der Waals surface area contributed by atoms with Gasteiger partial charge in [0, 0.05) is 37.6 Å². The van der Waals surface area contributed by atoms with Crippen molar-refractivity contribution >= 4 is 0 Å². The van der Waals surface area contributed by atoms with Crippen LogP contribution in [0.1, 0.15) is 68.7 Å². The molecule has 0 saturated carbocycles. The zero-order chi connectivity index (χ0) is 20.3. The van der Waals surface area contributed by atoms with E-state index in [0.29, 0.717) is 0 Å². The van der Waals surface area contributed by atoms with E-state index >= 15 is 0 Å². The average molecular weight is 395 g/mol. The second-order valence-corrected chi connectivity index (χ2v) is 8.35. The van der Waals surface area contributed by atoms with Gasteiger partial charge in [-0.1, -0.05) is 38.8 Å².